The van der Waals surface area contributed by atoms with Gasteiger partial charge < -0.3 is 24.4 Å². The molecule has 0 rings (SSSR count). The second-order valence-corrected chi connectivity index (χ2v) is 5.27. The van der Waals surface area contributed by atoms with Gasteiger partial charge in [-0.15, -0.1) is 0 Å². The third-order valence-corrected chi connectivity index (χ3v) is 3.40. The molecule has 0 amide bonds. The van der Waals surface area contributed by atoms with Gasteiger partial charge in [-0.2, -0.15) is 0 Å². The van der Waals surface area contributed by atoms with Crippen molar-refractivity contribution < 1.29 is 24.4 Å². The van der Waals surface area contributed by atoms with Crippen LogP contribution in [0.2, 0.25) is 0 Å². The Labute approximate surface area is 135 Å². The zero-order chi connectivity index (χ0) is 16.3. The van der Waals surface area contributed by atoms with Crippen LogP contribution < -0.4 is 0 Å². The van der Waals surface area contributed by atoms with Crippen molar-refractivity contribution in [3.8, 4) is 0 Å². The number of methoxy groups -OCH3 is 1. The average molecular weight is 321 g/mol. The van der Waals surface area contributed by atoms with Crippen LogP contribution in [0.5, 0.6) is 0 Å². The van der Waals surface area contributed by atoms with Gasteiger partial charge in [-0.3, -0.25) is 4.90 Å². The quantitative estimate of drug-likeness (QED) is 0.366. The maximum absolute atomic E-state index is 8.70. The maximum Gasteiger partial charge on any atom is 0.0698 e. The molecule has 0 aromatic heterocycles. The van der Waals surface area contributed by atoms with Gasteiger partial charge in [0.05, 0.1) is 39.6 Å². The van der Waals surface area contributed by atoms with Crippen LogP contribution in [0.4, 0.5) is 0 Å². The fraction of sp³-hybridized carbons (Fsp3) is 1.00. The molecule has 134 valence electrons. The van der Waals surface area contributed by atoms with E-state index < -0.39 is 0 Å². The summed E-state index contributed by atoms with van der Waals surface area (Å²) in [5.41, 5.74) is 0. The summed E-state index contributed by atoms with van der Waals surface area (Å²) in [5.74, 6) is 0. The van der Waals surface area contributed by atoms with E-state index in [1.165, 1.54) is 25.7 Å². The molecule has 0 aliphatic rings. The molecular formula is C16H35NO5. The Morgan fingerprint density at radius 1 is 0.636 bits per heavy atom. The third kappa shape index (κ3) is 16.1. The van der Waals surface area contributed by atoms with E-state index in [0.29, 0.717) is 26.4 Å². The standard InChI is InChI=1S/C16H35NO5/c1-20-12-6-4-2-3-5-7-17(8-13-21-15-10-18)9-14-22-16-11-19/h18-19H,2-16H2,1H3. The molecule has 6 heteroatoms. The van der Waals surface area contributed by atoms with Gasteiger partial charge in [0.25, 0.3) is 0 Å². The third-order valence-electron chi connectivity index (χ3n) is 3.40. The van der Waals surface area contributed by atoms with Crippen LogP contribution in [0, 0.1) is 0 Å². The van der Waals surface area contributed by atoms with Crippen LogP contribution in [0.1, 0.15) is 32.1 Å². The van der Waals surface area contributed by atoms with Crippen molar-refractivity contribution >= 4 is 0 Å². The highest BCUT2D eigenvalue weighted by Gasteiger charge is 2.05. The highest BCUT2D eigenvalue weighted by Crippen LogP contribution is 2.04. The molecule has 22 heavy (non-hydrogen) atoms. The Morgan fingerprint density at radius 3 is 1.73 bits per heavy atom. The van der Waals surface area contributed by atoms with Crippen molar-refractivity contribution in [2.24, 2.45) is 0 Å². The van der Waals surface area contributed by atoms with E-state index in [9.17, 15) is 0 Å². The first-order valence-corrected chi connectivity index (χ1v) is 8.43. The van der Waals surface area contributed by atoms with Gasteiger partial charge in [0, 0.05) is 26.8 Å². The van der Waals surface area contributed by atoms with Crippen molar-refractivity contribution in [1.29, 1.82) is 0 Å². The maximum atomic E-state index is 8.70. The predicted octanol–water partition coefficient (Wildman–Crippen LogP) is 0.903. The molecule has 2 N–H and O–H groups in total. The summed E-state index contributed by atoms with van der Waals surface area (Å²) in [6.07, 6.45) is 6.03. The smallest absolute Gasteiger partial charge is 0.0698 e. The number of aliphatic hydroxyl groups excluding tert-OH is 2. The van der Waals surface area contributed by atoms with Crippen molar-refractivity contribution in [2.45, 2.75) is 32.1 Å². The molecule has 6 nitrogen and oxygen atoms in total. The summed E-state index contributed by atoms with van der Waals surface area (Å²) < 4.78 is 15.7. The normalized spacial score (nSPS) is 11.5. The van der Waals surface area contributed by atoms with E-state index in [4.69, 9.17) is 24.4 Å². The predicted molar refractivity (Wildman–Crippen MR) is 87.2 cm³/mol. The summed E-state index contributed by atoms with van der Waals surface area (Å²) in [4.78, 5) is 2.32. The highest BCUT2D eigenvalue weighted by atomic mass is 16.5. The lowest BCUT2D eigenvalue weighted by Crippen LogP contribution is -2.32. The number of hydrogen-bond acceptors (Lipinski definition) is 6. The number of rotatable bonds is 18. The molecule has 0 unspecified atom stereocenters. The van der Waals surface area contributed by atoms with Crippen molar-refractivity contribution in [3.63, 3.8) is 0 Å². The lowest BCUT2D eigenvalue weighted by Gasteiger charge is -2.22. The second kappa shape index (κ2) is 18.8. The Bertz CT molecular complexity index is 195. The van der Waals surface area contributed by atoms with Gasteiger partial charge in [-0.1, -0.05) is 19.3 Å². The number of aliphatic hydroxyl groups is 2. The molecule has 0 heterocycles. The van der Waals surface area contributed by atoms with E-state index in [0.717, 1.165) is 32.7 Å². The zero-order valence-electron chi connectivity index (χ0n) is 14.2. The van der Waals surface area contributed by atoms with Gasteiger partial charge in [-0.25, -0.2) is 0 Å². The Balaban J connectivity index is 3.66. The summed E-state index contributed by atoms with van der Waals surface area (Å²) in [5, 5.41) is 17.4. The Hall–Kier alpha value is -0.240. The van der Waals surface area contributed by atoms with Gasteiger partial charge in [0.1, 0.15) is 0 Å². The highest BCUT2D eigenvalue weighted by molar-refractivity contribution is 4.58. The van der Waals surface area contributed by atoms with Gasteiger partial charge in [-0.05, 0) is 19.4 Å². The zero-order valence-corrected chi connectivity index (χ0v) is 14.2. The number of unbranched alkanes of at least 4 members (excludes halogenated alkanes) is 4. The topological polar surface area (TPSA) is 71.4 Å². The minimum Gasteiger partial charge on any atom is -0.394 e. The SMILES string of the molecule is COCCCCCCCN(CCOCCO)CCOCCO. The first-order valence-electron chi connectivity index (χ1n) is 8.43. The fourth-order valence-corrected chi connectivity index (χ4v) is 2.17. The summed E-state index contributed by atoms with van der Waals surface area (Å²) in [6, 6.07) is 0. The van der Waals surface area contributed by atoms with E-state index in [1.54, 1.807) is 7.11 Å². The van der Waals surface area contributed by atoms with Gasteiger partial charge >= 0.3 is 0 Å². The van der Waals surface area contributed by atoms with Crippen LogP contribution in [-0.2, 0) is 14.2 Å². The van der Waals surface area contributed by atoms with Crippen molar-refractivity contribution in [3.05, 3.63) is 0 Å². The van der Waals surface area contributed by atoms with Gasteiger partial charge in [0.2, 0.25) is 0 Å². The Morgan fingerprint density at radius 2 is 1.18 bits per heavy atom. The second-order valence-electron chi connectivity index (χ2n) is 5.27. The molecule has 0 radical (unpaired) electrons. The molecule has 0 saturated carbocycles. The van der Waals surface area contributed by atoms with Crippen molar-refractivity contribution in [2.75, 3.05) is 73.0 Å². The van der Waals surface area contributed by atoms with E-state index in [1.807, 2.05) is 0 Å². The lowest BCUT2D eigenvalue weighted by molar-refractivity contribution is 0.0503. The van der Waals surface area contributed by atoms with Crippen LogP contribution in [0.3, 0.4) is 0 Å². The van der Waals surface area contributed by atoms with Crippen LogP contribution >= 0.6 is 0 Å². The first kappa shape index (κ1) is 21.8. The van der Waals surface area contributed by atoms with E-state index in [2.05, 4.69) is 4.90 Å². The van der Waals surface area contributed by atoms with Gasteiger partial charge in [0.15, 0.2) is 0 Å². The van der Waals surface area contributed by atoms with Crippen LogP contribution in [0.15, 0.2) is 0 Å². The minimum atomic E-state index is 0.0705. The van der Waals surface area contributed by atoms with Crippen molar-refractivity contribution in [1.82, 2.24) is 4.90 Å². The lowest BCUT2D eigenvalue weighted by atomic mass is 10.1. The molecule has 0 aromatic rings. The molecule has 0 saturated heterocycles. The van der Waals surface area contributed by atoms with Crippen LogP contribution in [-0.4, -0.2) is 88.1 Å². The molecule has 0 spiro atoms. The van der Waals surface area contributed by atoms with E-state index >= 15 is 0 Å². The molecule has 0 bridgehead atoms. The molecule has 0 aliphatic carbocycles. The largest absolute Gasteiger partial charge is 0.394 e. The number of hydrogen-bond donors (Lipinski definition) is 2. The average Bonchev–Trinajstić information content (AvgIpc) is 2.53. The summed E-state index contributed by atoms with van der Waals surface area (Å²) >= 11 is 0. The fourth-order valence-electron chi connectivity index (χ4n) is 2.17. The minimum absolute atomic E-state index is 0.0705. The molecule has 0 atom stereocenters. The van der Waals surface area contributed by atoms with E-state index in [-0.39, 0.29) is 13.2 Å². The molecular weight excluding hydrogens is 286 g/mol. The first-order chi connectivity index (χ1) is 10.8. The number of nitrogens with zero attached hydrogens (tertiary/aromatic N) is 1. The summed E-state index contributed by atoms with van der Waals surface area (Å²) in [7, 11) is 1.75. The molecule has 0 aliphatic heterocycles. The summed E-state index contributed by atoms with van der Waals surface area (Å²) in [6.45, 7) is 5.80. The number of ether oxygens (including phenoxy) is 3. The monoisotopic (exact) mass is 321 g/mol. The van der Waals surface area contributed by atoms with Crippen LogP contribution in [0.25, 0.3) is 0 Å². The Kier molecular flexibility index (Phi) is 18.6. The molecule has 0 fully saturated rings. The molecule has 0 aromatic carbocycles.